The highest BCUT2D eigenvalue weighted by atomic mass is 16.2. The molecule has 0 bridgehead atoms. The van der Waals surface area contributed by atoms with E-state index in [0.717, 1.165) is 187 Å². The maximum atomic E-state index is 12.9. The van der Waals surface area contributed by atoms with Gasteiger partial charge in [0.25, 0.3) is 0 Å². The van der Waals surface area contributed by atoms with E-state index in [2.05, 4.69) is 204 Å². The number of carbonyl (C=O) groups excluding carboxylic acids is 4. The number of anilines is 4. The van der Waals surface area contributed by atoms with E-state index in [0.29, 0.717) is 72.6 Å². The third-order valence-electron chi connectivity index (χ3n) is 21.8. The highest BCUT2D eigenvalue weighted by Gasteiger charge is 2.28. The normalized spacial score (nSPS) is 12.4. The number of carbonyl (C=O) groups is 4. The molecule has 0 saturated carbocycles. The molecule has 4 aliphatic carbocycles. The van der Waals surface area contributed by atoms with Crippen LogP contribution in [-0.4, -0.2) is 63.5 Å². The van der Waals surface area contributed by atoms with E-state index in [4.69, 9.17) is 39.9 Å². The van der Waals surface area contributed by atoms with Gasteiger partial charge in [-0.1, -0.05) is 286 Å². The minimum Gasteiger partial charge on any atom is -0.309 e. The quantitative estimate of drug-likeness (QED) is 0.0470. The zero-order valence-electron chi connectivity index (χ0n) is 69.9. The van der Waals surface area contributed by atoms with E-state index in [1.807, 2.05) is 103 Å². The van der Waals surface area contributed by atoms with Crippen LogP contribution in [0.5, 0.6) is 0 Å². The third kappa shape index (κ3) is 22.0. The number of amides is 4. The largest absolute Gasteiger partial charge is 0.309 e. The zero-order chi connectivity index (χ0) is 82.7. The predicted molar refractivity (Wildman–Crippen MR) is 480 cm³/mol. The first-order chi connectivity index (χ1) is 57.9. The summed E-state index contributed by atoms with van der Waals surface area (Å²) in [6.07, 6.45) is 14.4. The summed E-state index contributed by atoms with van der Waals surface area (Å²) >= 11 is 0. The number of hydrogen-bond donors (Lipinski definition) is 4. The van der Waals surface area contributed by atoms with Crippen molar-refractivity contribution < 1.29 is 19.2 Å². The summed E-state index contributed by atoms with van der Waals surface area (Å²) in [4.78, 5) is 90.3. The lowest BCUT2D eigenvalue weighted by Crippen LogP contribution is -2.20. The molecule has 4 aliphatic rings. The molecule has 0 fully saturated rings. The van der Waals surface area contributed by atoms with Crippen LogP contribution in [0.4, 0.5) is 23.3 Å². The highest BCUT2D eigenvalue weighted by Crippen LogP contribution is 2.38. The van der Waals surface area contributed by atoms with E-state index in [9.17, 15) is 19.2 Å². The summed E-state index contributed by atoms with van der Waals surface area (Å²) in [6.45, 7) is 17.3. The first-order valence-corrected chi connectivity index (χ1v) is 42.6. The van der Waals surface area contributed by atoms with E-state index in [1.165, 1.54) is 55.5 Å². The molecule has 0 spiro atoms. The topological polar surface area (TPSA) is 220 Å². The van der Waals surface area contributed by atoms with Gasteiger partial charge in [0.05, 0.1) is 81.2 Å². The summed E-state index contributed by atoms with van der Waals surface area (Å²) in [5.74, 6) is 4.11. The van der Waals surface area contributed by atoms with E-state index in [-0.39, 0.29) is 23.6 Å². The second-order valence-corrected chi connectivity index (χ2v) is 33.3. The van der Waals surface area contributed by atoms with Crippen LogP contribution in [0.25, 0.3) is 55.8 Å². The van der Waals surface area contributed by atoms with Gasteiger partial charge in [-0.15, -0.1) is 0 Å². The van der Waals surface area contributed by atoms with Gasteiger partial charge in [-0.05, 0) is 175 Å². The van der Waals surface area contributed by atoms with Crippen molar-refractivity contribution in [2.45, 2.75) is 177 Å². The number of fused-ring (bicyclic) bond motifs is 13. The van der Waals surface area contributed by atoms with Crippen LogP contribution in [0.1, 0.15) is 165 Å². The van der Waals surface area contributed by atoms with Gasteiger partial charge in [0, 0.05) is 35.1 Å². The van der Waals surface area contributed by atoms with Gasteiger partial charge in [-0.25, -0.2) is 39.9 Å². The van der Waals surface area contributed by atoms with Gasteiger partial charge < -0.3 is 21.3 Å². The van der Waals surface area contributed by atoms with Crippen molar-refractivity contribution in [1.82, 2.24) is 39.9 Å². The van der Waals surface area contributed by atoms with Crippen LogP contribution >= 0.6 is 0 Å². The Labute approximate surface area is 700 Å². The van der Waals surface area contributed by atoms with E-state index in [1.54, 1.807) is 0 Å². The van der Waals surface area contributed by atoms with Gasteiger partial charge in [0.15, 0.2) is 23.3 Å². The lowest BCUT2D eigenvalue weighted by atomic mass is 9.91. The summed E-state index contributed by atoms with van der Waals surface area (Å²) in [5, 5.41) is 14.5. The van der Waals surface area contributed by atoms with Gasteiger partial charge in [0.2, 0.25) is 23.6 Å². The Morgan fingerprint density at radius 3 is 0.933 bits per heavy atom. The molecular weight excluding hydrogens is 1470 g/mol. The van der Waals surface area contributed by atoms with E-state index < -0.39 is 0 Å². The monoisotopic (exact) mass is 1580 g/mol. The first kappa shape index (κ1) is 82.9. The molecule has 4 N–H and O–H groups in total. The van der Waals surface area contributed by atoms with E-state index >= 15 is 0 Å². The van der Waals surface area contributed by atoms with Crippen molar-refractivity contribution in [3.63, 3.8) is 0 Å². The van der Waals surface area contributed by atoms with Crippen molar-refractivity contribution in [2.75, 3.05) is 21.3 Å². The number of aromatic nitrogens is 8. The molecule has 0 unspecified atom stereocenters. The minimum atomic E-state index is -0.0595. The van der Waals surface area contributed by atoms with Crippen molar-refractivity contribution >= 4 is 57.7 Å². The van der Waals surface area contributed by atoms with Crippen LogP contribution in [-0.2, 0) is 122 Å². The van der Waals surface area contributed by atoms with Crippen LogP contribution in [0.2, 0.25) is 0 Å². The third-order valence-corrected chi connectivity index (χ3v) is 21.8. The molecule has 9 aromatic carbocycles. The Kier molecular flexibility index (Phi) is 27.6. The second-order valence-electron chi connectivity index (χ2n) is 33.3. The molecule has 4 aromatic heterocycles. The molecule has 4 amide bonds. The number of rotatable bonds is 23. The van der Waals surface area contributed by atoms with Gasteiger partial charge in [0.1, 0.15) is 0 Å². The fraction of sp³-hybridized carbons (Fsp3) is 0.301. The molecule has 0 saturated heterocycles. The second kappa shape index (κ2) is 39.6. The maximum Gasteiger partial charge on any atom is 0.229 e. The summed E-state index contributed by atoms with van der Waals surface area (Å²) < 4.78 is 0. The SMILES string of the molecule is CC(C)Cc1nc2c(nc1NC(=O)CCCc1ccccc1)CCc1ccccc1-2.CC(C)Cc1nc2c(nc1NC(=O)CCc1ccccc1)CCc1ccccc1-2.CC(C)Cc1nc2c(nc1NC(=O)Cc1ccc3ccccc3c1)CCc1ccccc1-2.CC(C)Cc1nc2c(nc1NC(=O)Cc1ccccc1)CCc1ccccc1-2. The molecule has 16 heteroatoms. The lowest BCUT2D eigenvalue weighted by molar-refractivity contribution is -0.117. The molecule has 16 nitrogen and oxygen atoms in total. The molecule has 604 valence electrons. The molecule has 0 aliphatic heterocycles. The van der Waals surface area contributed by atoms with Crippen molar-refractivity contribution in [3.05, 3.63) is 321 Å². The average Bonchev–Trinajstić information content (AvgIpc) is 0.792. The summed E-state index contributed by atoms with van der Waals surface area (Å²) in [7, 11) is 0. The predicted octanol–water partition coefficient (Wildman–Crippen LogP) is 20.8. The average molecular weight is 1580 g/mol. The Bertz CT molecular complexity index is 5750. The van der Waals surface area contributed by atoms with Crippen LogP contribution < -0.4 is 21.3 Å². The number of nitrogens with one attached hydrogen (secondary N) is 4. The van der Waals surface area contributed by atoms with Crippen molar-refractivity contribution in [1.29, 1.82) is 0 Å². The zero-order valence-corrected chi connectivity index (χ0v) is 69.9. The smallest absolute Gasteiger partial charge is 0.229 e. The molecule has 119 heavy (non-hydrogen) atoms. The number of benzene rings is 9. The lowest BCUT2D eigenvalue weighted by Gasteiger charge is -2.21. The number of aryl methyl sites for hydroxylation is 10. The van der Waals surface area contributed by atoms with Crippen molar-refractivity contribution in [3.8, 4) is 45.0 Å². The number of hydrogen-bond acceptors (Lipinski definition) is 12. The van der Waals surface area contributed by atoms with Gasteiger partial charge in [-0.2, -0.15) is 0 Å². The van der Waals surface area contributed by atoms with Gasteiger partial charge in [-0.3, -0.25) is 19.2 Å². The summed E-state index contributed by atoms with van der Waals surface area (Å²) in [6, 6.07) is 78.2. The maximum absolute atomic E-state index is 12.9. The highest BCUT2D eigenvalue weighted by molar-refractivity contribution is 5.95. The van der Waals surface area contributed by atoms with Gasteiger partial charge >= 0.3 is 0 Å². The standard InChI is InChI=1S/C28H27N3O.C26H29N3O.C25H27N3O.C24H25N3O/c1-18(2)15-25-28(30-24-14-13-21-8-5-6-10-23(21)27(24)29-25)31-26(32)17-19-11-12-20-7-3-4-9-22(20)16-19;1-18(2)17-23-26(29-24(30)14-8-11-19-9-4-3-5-10-19)28-22-16-15-20-12-6-7-13-21(20)25(22)27-23;1-17(2)16-22-25(28-23(29)15-12-18-8-4-3-5-9-18)27-21-14-13-19-10-6-7-11-20(19)24(21)26-22;1-16(2)14-21-24(27-22(28)15-17-8-4-3-5-9-17)26-20-13-12-18-10-6-7-11-19(18)23(20)25-21/h3-12,16,18H,13-15,17H2,1-2H3,(H,30,31,32);3-7,9-10,12-13,18H,8,11,14-17H2,1-2H3,(H,28,29,30);3-11,17H,12-16H2,1-2H3,(H,27,28,29);3-11,16H,12-15H2,1-2H3,(H,26,27,28). The Morgan fingerprint density at radius 1 is 0.277 bits per heavy atom. The Morgan fingerprint density at radius 2 is 0.571 bits per heavy atom. The minimum absolute atomic E-state index is 0.00989. The molecule has 0 radical (unpaired) electrons. The molecule has 13 aromatic rings. The van der Waals surface area contributed by atoms with Crippen molar-refractivity contribution in [2.24, 2.45) is 23.7 Å². The van der Waals surface area contributed by atoms with Crippen LogP contribution in [0.3, 0.4) is 0 Å². The Hall–Kier alpha value is -12.6. The molecule has 0 atom stereocenters. The molecular formula is C103H108N12O4. The number of nitrogens with zero attached hydrogens (tertiary/aromatic N) is 8. The molecule has 4 heterocycles. The van der Waals surface area contributed by atoms with Crippen LogP contribution in [0, 0.1) is 23.7 Å². The Balaban J connectivity index is 0.000000130. The fourth-order valence-corrected chi connectivity index (χ4v) is 16.0. The molecule has 17 rings (SSSR count). The first-order valence-electron chi connectivity index (χ1n) is 42.6. The summed E-state index contributed by atoms with van der Waals surface area (Å²) in [5.41, 5.74) is 25.7. The van der Waals surface area contributed by atoms with Crippen LogP contribution in [0.15, 0.2) is 231 Å². The fourth-order valence-electron chi connectivity index (χ4n) is 16.0.